The first-order chi connectivity index (χ1) is 10.7. The summed E-state index contributed by atoms with van der Waals surface area (Å²) in [6, 6.07) is 9.56. The molecule has 1 aliphatic heterocycles. The van der Waals surface area contributed by atoms with Crippen LogP contribution in [0.15, 0.2) is 36.5 Å². The largest absolute Gasteiger partial charge is 0.475 e. The van der Waals surface area contributed by atoms with Crippen molar-refractivity contribution in [2.75, 3.05) is 6.61 Å². The molecule has 0 saturated carbocycles. The molecule has 5 heteroatoms. The number of aromatic nitrogens is 1. The van der Waals surface area contributed by atoms with Crippen molar-refractivity contribution in [1.82, 2.24) is 10.3 Å². The van der Waals surface area contributed by atoms with Gasteiger partial charge in [-0.1, -0.05) is 17.7 Å². The van der Waals surface area contributed by atoms with E-state index < -0.39 is 0 Å². The maximum atomic E-state index is 12.5. The quantitative estimate of drug-likeness (QED) is 0.927. The van der Waals surface area contributed by atoms with Crippen molar-refractivity contribution in [2.45, 2.75) is 18.9 Å². The van der Waals surface area contributed by atoms with Gasteiger partial charge < -0.3 is 10.1 Å². The van der Waals surface area contributed by atoms with E-state index in [9.17, 15) is 4.79 Å². The van der Waals surface area contributed by atoms with Crippen LogP contribution < -0.4 is 10.1 Å². The van der Waals surface area contributed by atoms with Crippen LogP contribution in [0.4, 0.5) is 0 Å². The van der Waals surface area contributed by atoms with Crippen molar-refractivity contribution < 1.29 is 9.53 Å². The van der Waals surface area contributed by atoms with Crippen molar-refractivity contribution in [3.05, 3.63) is 58.2 Å². The smallest absolute Gasteiger partial charge is 0.224 e. The average Bonchev–Trinajstić information content (AvgIpc) is 3.11. The van der Waals surface area contributed by atoms with E-state index >= 15 is 0 Å². The first-order valence-corrected chi connectivity index (χ1v) is 7.74. The summed E-state index contributed by atoms with van der Waals surface area (Å²) in [6.07, 6.45) is 3.21. The minimum atomic E-state index is -0.108. The molecule has 2 heterocycles. The fraction of sp³-hybridized carbons (Fsp3) is 0.294. The van der Waals surface area contributed by atoms with Crippen molar-refractivity contribution >= 4 is 17.5 Å². The normalized spacial score (nSPS) is 21.9. The van der Waals surface area contributed by atoms with E-state index in [-0.39, 0.29) is 17.9 Å². The Morgan fingerprint density at radius 2 is 2.14 bits per heavy atom. The summed E-state index contributed by atoms with van der Waals surface area (Å²) < 4.78 is 5.51. The predicted molar refractivity (Wildman–Crippen MR) is 83.0 cm³/mol. The summed E-state index contributed by atoms with van der Waals surface area (Å²) in [4.78, 5) is 16.7. The van der Waals surface area contributed by atoms with E-state index in [2.05, 4.69) is 10.3 Å². The number of carbonyl (C=O) groups is 1. The molecule has 0 spiro atoms. The SMILES string of the molecule is O=C(NC1COc2ncccc21)C1Cc2ccc(Cl)cc2C1. The first kappa shape index (κ1) is 13.6. The van der Waals surface area contributed by atoms with E-state index in [1.54, 1.807) is 6.20 Å². The molecule has 22 heavy (non-hydrogen) atoms. The molecule has 0 radical (unpaired) electrons. The molecular weight excluding hydrogens is 300 g/mol. The van der Waals surface area contributed by atoms with Gasteiger partial charge in [0.1, 0.15) is 6.61 Å². The van der Waals surface area contributed by atoms with Crippen LogP contribution in [-0.2, 0) is 17.6 Å². The molecule has 0 saturated heterocycles. The van der Waals surface area contributed by atoms with Crippen LogP contribution in [0.1, 0.15) is 22.7 Å². The lowest BCUT2D eigenvalue weighted by Crippen LogP contribution is -2.35. The van der Waals surface area contributed by atoms with Crippen LogP contribution in [0.3, 0.4) is 0 Å². The van der Waals surface area contributed by atoms with Gasteiger partial charge in [0.05, 0.1) is 6.04 Å². The summed E-state index contributed by atoms with van der Waals surface area (Å²) in [5, 5.41) is 3.82. The lowest BCUT2D eigenvalue weighted by Gasteiger charge is -2.15. The third-order valence-corrected chi connectivity index (χ3v) is 4.59. The average molecular weight is 315 g/mol. The maximum absolute atomic E-state index is 12.5. The number of pyridine rings is 1. The molecule has 0 bridgehead atoms. The van der Waals surface area contributed by atoms with Crippen molar-refractivity contribution in [3.8, 4) is 5.88 Å². The Labute approximate surface area is 133 Å². The Morgan fingerprint density at radius 1 is 1.27 bits per heavy atom. The zero-order chi connectivity index (χ0) is 15.1. The second-order valence-electron chi connectivity index (χ2n) is 5.79. The van der Waals surface area contributed by atoms with Gasteiger partial charge in [-0.2, -0.15) is 0 Å². The number of carbonyl (C=O) groups excluding carboxylic acids is 1. The van der Waals surface area contributed by atoms with Gasteiger partial charge >= 0.3 is 0 Å². The molecule has 1 amide bonds. The number of hydrogen-bond donors (Lipinski definition) is 1. The Morgan fingerprint density at radius 3 is 3.05 bits per heavy atom. The fourth-order valence-corrected chi connectivity index (χ4v) is 3.42. The van der Waals surface area contributed by atoms with Crippen LogP contribution in [0.5, 0.6) is 5.88 Å². The van der Waals surface area contributed by atoms with Crippen molar-refractivity contribution in [2.24, 2.45) is 5.92 Å². The van der Waals surface area contributed by atoms with Crippen molar-refractivity contribution in [1.29, 1.82) is 0 Å². The molecule has 4 nitrogen and oxygen atoms in total. The summed E-state index contributed by atoms with van der Waals surface area (Å²) in [5.74, 6) is 0.654. The molecule has 1 N–H and O–H groups in total. The second-order valence-corrected chi connectivity index (χ2v) is 6.22. The number of nitrogens with zero attached hydrogens (tertiary/aromatic N) is 1. The Hall–Kier alpha value is -2.07. The van der Waals surface area contributed by atoms with E-state index in [1.807, 2.05) is 30.3 Å². The van der Waals surface area contributed by atoms with E-state index in [1.165, 1.54) is 11.1 Å². The van der Waals surface area contributed by atoms with Gasteiger partial charge in [0, 0.05) is 22.7 Å². The summed E-state index contributed by atoms with van der Waals surface area (Å²) in [5.41, 5.74) is 3.35. The van der Waals surface area contributed by atoms with Gasteiger partial charge in [-0.3, -0.25) is 4.79 Å². The maximum Gasteiger partial charge on any atom is 0.224 e. The Kier molecular flexibility index (Phi) is 3.26. The molecule has 1 aliphatic carbocycles. The number of rotatable bonds is 2. The van der Waals surface area contributed by atoms with E-state index in [4.69, 9.17) is 16.3 Å². The van der Waals surface area contributed by atoms with E-state index in [0.29, 0.717) is 12.5 Å². The highest BCUT2D eigenvalue weighted by molar-refractivity contribution is 6.30. The van der Waals surface area contributed by atoms with Crippen LogP contribution in [0.2, 0.25) is 5.02 Å². The van der Waals surface area contributed by atoms with Crippen molar-refractivity contribution in [3.63, 3.8) is 0 Å². The van der Waals surface area contributed by atoms with Gasteiger partial charge in [-0.15, -0.1) is 0 Å². The second kappa shape index (κ2) is 5.29. The molecule has 2 aromatic rings. The first-order valence-electron chi connectivity index (χ1n) is 7.36. The van der Waals surface area contributed by atoms with Gasteiger partial charge in [0.2, 0.25) is 11.8 Å². The number of ether oxygens (including phenoxy) is 1. The number of nitrogens with one attached hydrogen (secondary N) is 1. The molecule has 0 fully saturated rings. The van der Waals surface area contributed by atoms with Gasteiger partial charge in [-0.05, 0) is 48.2 Å². The minimum absolute atomic E-state index is 0.0332. The number of hydrogen-bond acceptors (Lipinski definition) is 3. The van der Waals surface area contributed by atoms with Gasteiger partial charge in [0.25, 0.3) is 0 Å². The zero-order valence-corrected chi connectivity index (χ0v) is 12.6. The highest BCUT2D eigenvalue weighted by Crippen LogP contribution is 2.32. The standard InChI is InChI=1S/C17H15ClN2O2/c18-13-4-3-10-6-12(7-11(10)8-13)16(21)20-15-9-22-17-14(15)2-1-5-19-17/h1-5,8,12,15H,6-7,9H2,(H,20,21). The third-order valence-electron chi connectivity index (χ3n) is 4.35. The molecule has 112 valence electrons. The number of halogens is 1. The molecule has 2 aliphatic rings. The topological polar surface area (TPSA) is 51.2 Å². The van der Waals surface area contributed by atoms with Crippen LogP contribution in [-0.4, -0.2) is 17.5 Å². The number of benzene rings is 1. The lowest BCUT2D eigenvalue weighted by molar-refractivity contribution is -0.125. The summed E-state index contributed by atoms with van der Waals surface area (Å²) >= 11 is 6.02. The molecule has 1 aromatic heterocycles. The molecular formula is C17H15ClN2O2. The molecule has 2 atom stereocenters. The third kappa shape index (κ3) is 2.33. The van der Waals surface area contributed by atoms with Crippen LogP contribution in [0.25, 0.3) is 0 Å². The lowest BCUT2D eigenvalue weighted by atomic mass is 10.0. The zero-order valence-electron chi connectivity index (χ0n) is 11.9. The number of fused-ring (bicyclic) bond motifs is 2. The fourth-order valence-electron chi connectivity index (χ4n) is 3.22. The highest BCUT2D eigenvalue weighted by Gasteiger charge is 2.32. The van der Waals surface area contributed by atoms with Crippen LogP contribution >= 0.6 is 11.6 Å². The summed E-state index contributed by atoms with van der Waals surface area (Å²) in [6.45, 7) is 0.448. The van der Waals surface area contributed by atoms with Gasteiger partial charge in [-0.25, -0.2) is 4.98 Å². The highest BCUT2D eigenvalue weighted by atomic mass is 35.5. The molecule has 1 aromatic carbocycles. The summed E-state index contributed by atoms with van der Waals surface area (Å²) in [7, 11) is 0. The van der Waals surface area contributed by atoms with E-state index in [0.717, 1.165) is 23.4 Å². The Balaban J connectivity index is 1.47. The Bertz CT molecular complexity index is 747. The van der Waals surface area contributed by atoms with Crippen LogP contribution in [0, 0.1) is 5.92 Å². The monoisotopic (exact) mass is 314 g/mol. The molecule has 2 unspecified atom stereocenters. The minimum Gasteiger partial charge on any atom is -0.475 e. The number of amides is 1. The predicted octanol–water partition coefficient (Wildman–Crippen LogP) is 2.70. The van der Waals surface area contributed by atoms with Gasteiger partial charge in [0.15, 0.2) is 0 Å². The molecule has 4 rings (SSSR count).